The summed E-state index contributed by atoms with van der Waals surface area (Å²) in [7, 11) is 0. The molecule has 3 aromatic rings. The highest BCUT2D eigenvalue weighted by molar-refractivity contribution is 6.00. The van der Waals surface area contributed by atoms with Crippen LogP contribution < -0.4 is 5.32 Å². The van der Waals surface area contributed by atoms with Crippen LogP contribution in [-0.2, 0) is 17.8 Å². The lowest BCUT2D eigenvalue weighted by Crippen LogP contribution is -2.65. The summed E-state index contributed by atoms with van der Waals surface area (Å²) in [6.07, 6.45) is 11.8. The van der Waals surface area contributed by atoms with Gasteiger partial charge in [-0.3, -0.25) is 9.59 Å². The van der Waals surface area contributed by atoms with Gasteiger partial charge in [0.25, 0.3) is 5.91 Å². The number of fused-ring (bicyclic) bond motifs is 1. The van der Waals surface area contributed by atoms with Gasteiger partial charge in [-0.05, 0) is 56.2 Å². The summed E-state index contributed by atoms with van der Waals surface area (Å²) in [6.45, 7) is 2.66. The molecule has 3 aromatic heterocycles. The molecule has 1 N–H and O–H groups in total. The van der Waals surface area contributed by atoms with E-state index in [4.69, 9.17) is 8.83 Å². The first-order chi connectivity index (χ1) is 16.6. The average Bonchev–Trinajstić information content (AvgIpc) is 3.57. The van der Waals surface area contributed by atoms with Gasteiger partial charge >= 0.3 is 0 Å². The molecular formula is C27H33N3O4. The van der Waals surface area contributed by atoms with E-state index in [1.807, 2.05) is 47.9 Å². The number of hydrogen-bond donors (Lipinski definition) is 1. The lowest BCUT2D eigenvalue weighted by atomic mass is 9.91. The van der Waals surface area contributed by atoms with E-state index < -0.39 is 5.54 Å². The second-order valence-electron chi connectivity index (χ2n) is 9.74. The molecule has 0 radical (unpaired) electrons. The summed E-state index contributed by atoms with van der Waals surface area (Å²) in [5.41, 5.74) is 0.352. The van der Waals surface area contributed by atoms with Gasteiger partial charge in [0.15, 0.2) is 0 Å². The summed E-state index contributed by atoms with van der Waals surface area (Å²) in [6, 6.07) is 11.3. The number of nitrogens with zero attached hydrogens (tertiary/aromatic N) is 2. The molecule has 0 bridgehead atoms. The molecule has 2 aliphatic rings. The van der Waals surface area contributed by atoms with Gasteiger partial charge in [-0.15, -0.1) is 0 Å². The van der Waals surface area contributed by atoms with Crippen LogP contribution in [0, 0.1) is 0 Å². The fourth-order valence-corrected chi connectivity index (χ4v) is 5.38. The number of carbonyl (C=O) groups excluding carboxylic acids is 2. The van der Waals surface area contributed by atoms with E-state index in [-0.39, 0.29) is 17.9 Å². The third kappa shape index (κ3) is 4.31. The van der Waals surface area contributed by atoms with Gasteiger partial charge in [-0.2, -0.15) is 0 Å². The fourth-order valence-electron chi connectivity index (χ4n) is 5.38. The molecule has 34 heavy (non-hydrogen) atoms. The number of furan rings is 2. The van der Waals surface area contributed by atoms with E-state index in [9.17, 15) is 9.59 Å². The van der Waals surface area contributed by atoms with E-state index in [0.717, 1.165) is 37.1 Å². The summed E-state index contributed by atoms with van der Waals surface area (Å²) in [5, 5.41) is 3.32. The molecule has 4 heterocycles. The largest absolute Gasteiger partial charge is 0.469 e. The predicted molar refractivity (Wildman–Crippen MR) is 128 cm³/mol. The van der Waals surface area contributed by atoms with E-state index in [1.54, 1.807) is 17.4 Å². The van der Waals surface area contributed by atoms with Crippen LogP contribution in [0.5, 0.6) is 0 Å². The van der Waals surface area contributed by atoms with Gasteiger partial charge in [0.05, 0.1) is 24.8 Å². The highest BCUT2D eigenvalue weighted by atomic mass is 16.3. The number of rotatable bonds is 6. The molecule has 0 unspecified atom stereocenters. The molecule has 7 heteroatoms. The zero-order valence-corrected chi connectivity index (χ0v) is 19.8. The summed E-state index contributed by atoms with van der Waals surface area (Å²) < 4.78 is 13.1. The quantitative estimate of drug-likeness (QED) is 0.556. The Morgan fingerprint density at radius 3 is 2.41 bits per heavy atom. The SMILES string of the molecule is C[C@@]1(C(=O)NC2CCCCCCC2)Cn2c(ccc2-c2ccco2)C(=O)N1CCc1ccco1. The number of nitrogens with one attached hydrogen (secondary N) is 1. The Labute approximate surface area is 200 Å². The first-order valence-corrected chi connectivity index (χ1v) is 12.4. The standard InChI is InChI=1S/C27H33N3O4/c1-27(26(32)28-20-9-5-3-2-4-6-10-20)19-29-22(24-12-8-18-34-24)13-14-23(29)25(31)30(27)16-15-21-11-7-17-33-21/h7-8,11-14,17-18,20H,2-6,9-10,15-16,19H2,1H3,(H,28,32)/t27-/m0/s1. The van der Waals surface area contributed by atoms with E-state index in [0.29, 0.717) is 31.0 Å². The molecule has 0 saturated heterocycles. The van der Waals surface area contributed by atoms with E-state index in [1.165, 1.54) is 19.3 Å². The zero-order chi connectivity index (χ0) is 23.5. The molecule has 1 atom stereocenters. The van der Waals surface area contributed by atoms with Gasteiger partial charge in [-0.1, -0.05) is 32.1 Å². The minimum atomic E-state index is -1.03. The van der Waals surface area contributed by atoms with E-state index in [2.05, 4.69) is 5.32 Å². The van der Waals surface area contributed by atoms with Crippen molar-refractivity contribution in [1.82, 2.24) is 14.8 Å². The molecule has 1 aliphatic carbocycles. The van der Waals surface area contributed by atoms with Crippen LogP contribution in [-0.4, -0.2) is 39.4 Å². The van der Waals surface area contributed by atoms with Crippen molar-refractivity contribution in [2.75, 3.05) is 6.54 Å². The van der Waals surface area contributed by atoms with Gasteiger partial charge in [0.2, 0.25) is 5.91 Å². The predicted octanol–water partition coefficient (Wildman–Crippen LogP) is 5.03. The molecule has 2 amide bonds. The highest BCUT2D eigenvalue weighted by Crippen LogP contribution is 2.34. The molecule has 0 aromatic carbocycles. The monoisotopic (exact) mass is 463 g/mol. The van der Waals surface area contributed by atoms with E-state index >= 15 is 0 Å². The van der Waals surface area contributed by atoms with Crippen LogP contribution in [0.15, 0.2) is 57.8 Å². The number of aromatic nitrogens is 1. The van der Waals surface area contributed by atoms with Gasteiger partial charge in [-0.25, -0.2) is 0 Å². The van der Waals surface area contributed by atoms with Crippen LogP contribution in [0.3, 0.4) is 0 Å². The maximum atomic E-state index is 13.9. The van der Waals surface area contributed by atoms with Crippen molar-refractivity contribution < 1.29 is 18.4 Å². The van der Waals surface area contributed by atoms with Gasteiger partial charge in [0.1, 0.15) is 22.8 Å². The third-order valence-corrected chi connectivity index (χ3v) is 7.37. The number of carbonyl (C=O) groups is 2. The van der Waals surface area contributed by atoms with Crippen molar-refractivity contribution in [3.63, 3.8) is 0 Å². The first kappa shape index (κ1) is 22.6. The Morgan fingerprint density at radius 1 is 1.00 bits per heavy atom. The normalized spacial score (nSPS) is 21.7. The molecular weight excluding hydrogens is 430 g/mol. The Balaban J connectivity index is 1.45. The first-order valence-electron chi connectivity index (χ1n) is 12.4. The molecule has 7 nitrogen and oxygen atoms in total. The summed E-state index contributed by atoms with van der Waals surface area (Å²) in [4.78, 5) is 29.3. The Kier molecular flexibility index (Phi) is 6.35. The molecule has 1 saturated carbocycles. The Bertz CT molecular complexity index is 1110. The Hall–Kier alpha value is -3.22. The van der Waals surface area contributed by atoms with Crippen molar-refractivity contribution in [2.45, 2.75) is 76.4 Å². The van der Waals surface area contributed by atoms with Crippen molar-refractivity contribution in [2.24, 2.45) is 0 Å². The van der Waals surface area contributed by atoms with Crippen molar-refractivity contribution in [3.8, 4) is 11.5 Å². The fraction of sp³-hybridized carbons (Fsp3) is 0.481. The number of amides is 2. The maximum Gasteiger partial charge on any atom is 0.271 e. The van der Waals surface area contributed by atoms with Gasteiger partial charge < -0.3 is 23.6 Å². The van der Waals surface area contributed by atoms with Crippen molar-refractivity contribution in [3.05, 3.63) is 60.4 Å². The maximum absolute atomic E-state index is 13.9. The van der Waals surface area contributed by atoms with Crippen LogP contribution in [0.25, 0.3) is 11.5 Å². The molecule has 180 valence electrons. The minimum Gasteiger partial charge on any atom is -0.469 e. The molecule has 1 fully saturated rings. The lowest BCUT2D eigenvalue weighted by Gasteiger charge is -2.45. The summed E-state index contributed by atoms with van der Waals surface area (Å²) in [5.74, 6) is 1.25. The topological polar surface area (TPSA) is 80.6 Å². The molecule has 0 spiro atoms. The van der Waals surface area contributed by atoms with Crippen LogP contribution in [0.4, 0.5) is 0 Å². The third-order valence-electron chi connectivity index (χ3n) is 7.37. The second kappa shape index (κ2) is 9.57. The van der Waals surface area contributed by atoms with Crippen LogP contribution in [0.2, 0.25) is 0 Å². The number of hydrogen-bond acceptors (Lipinski definition) is 4. The minimum absolute atomic E-state index is 0.0874. The smallest absolute Gasteiger partial charge is 0.271 e. The average molecular weight is 464 g/mol. The van der Waals surface area contributed by atoms with Crippen LogP contribution >= 0.6 is 0 Å². The van der Waals surface area contributed by atoms with Crippen molar-refractivity contribution >= 4 is 11.8 Å². The Morgan fingerprint density at radius 2 is 1.71 bits per heavy atom. The molecule has 1 aliphatic heterocycles. The second-order valence-corrected chi connectivity index (χ2v) is 9.74. The molecule has 5 rings (SSSR count). The lowest BCUT2D eigenvalue weighted by molar-refractivity contribution is -0.133. The highest BCUT2D eigenvalue weighted by Gasteiger charge is 2.48. The summed E-state index contributed by atoms with van der Waals surface area (Å²) >= 11 is 0. The zero-order valence-electron chi connectivity index (χ0n) is 19.8. The van der Waals surface area contributed by atoms with Gasteiger partial charge in [0, 0.05) is 19.0 Å². The van der Waals surface area contributed by atoms with Crippen LogP contribution in [0.1, 0.15) is 68.1 Å². The van der Waals surface area contributed by atoms with Crippen molar-refractivity contribution in [1.29, 1.82) is 0 Å².